The second kappa shape index (κ2) is 5.75. The molecule has 2 aromatic carbocycles. The summed E-state index contributed by atoms with van der Waals surface area (Å²) >= 11 is 0.624. The van der Waals surface area contributed by atoms with Gasteiger partial charge in [0.1, 0.15) is 4.33 Å². The third-order valence-electron chi connectivity index (χ3n) is 2.73. The topological polar surface area (TPSA) is 46.4 Å². The molecule has 0 radical (unpaired) electrons. The molecular formula is C14H14N2O2S. The Hall–Kier alpha value is -2.01. The fourth-order valence-electron chi connectivity index (χ4n) is 1.76. The van der Waals surface area contributed by atoms with Crippen LogP contribution in [0, 0.1) is 10.1 Å². The van der Waals surface area contributed by atoms with Crippen LogP contribution in [-0.4, -0.2) is 18.4 Å². The predicted octanol–water partition coefficient (Wildman–Crippen LogP) is 3.70. The molecule has 0 N–H and O–H groups in total. The van der Waals surface area contributed by atoms with Gasteiger partial charge in [0.2, 0.25) is 0 Å². The molecule has 0 aliphatic carbocycles. The second-order valence-electron chi connectivity index (χ2n) is 4.28. The molecule has 0 saturated heterocycles. The molecule has 4 nitrogen and oxygen atoms in total. The van der Waals surface area contributed by atoms with Crippen molar-refractivity contribution in [2.75, 3.05) is 19.0 Å². The van der Waals surface area contributed by atoms with Crippen LogP contribution in [0.15, 0.2) is 53.4 Å². The van der Waals surface area contributed by atoms with Crippen molar-refractivity contribution in [3.05, 3.63) is 58.6 Å². The van der Waals surface area contributed by atoms with Gasteiger partial charge < -0.3 is 4.90 Å². The smallest absolute Gasteiger partial charge is 0.265 e. The zero-order valence-electron chi connectivity index (χ0n) is 10.7. The van der Waals surface area contributed by atoms with Crippen molar-refractivity contribution in [2.24, 2.45) is 0 Å². The molecule has 0 fully saturated rings. The van der Waals surface area contributed by atoms with E-state index in [0.29, 0.717) is 16.8 Å². The van der Waals surface area contributed by atoms with Gasteiger partial charge in [0.15, 0.2) is 0 Å². The minimum absolute atomic E-state index is 0.401. The fourth-order valence-corrected chi connectivity index (χ4v) is 2.19. The second-order valence-corrected chi connectivity index (χ2v) is 5.24. The summed E-state index contributed by atoms with van der Waals surface area (Å²) in [6.07, 6.45) is 0. The molecule has 2 aromatic rings. The number of anilines is 1. The Bertz CT molecular complexity index is 582. The maximum absolute atomic E-state index is 10.4. The molecule has 0 heterocycles. The monoisotopic (exact) mass is 274 g/mol. The number of benzene rings is 2. The molecule has 0 saturated carbocycles. The Morgan fingerprint density at radius 1 is 1.05 bits per heavy atom. The van der Waals surface area contributed by atoms with Gasteiger partial charge in [0.25, 0.3) is 11.9 Å². The van der Waals surface area contributed by atoms with E-state index in [1.807, 2.05) is 49.3 Å². The van der Waals surface area contributed by atoms with Crippen molar-refractivity contribution >= 4 is 17.6 Å². The van der Waals surface area contributed by atoms with E-state index >= 15 is 0 Å². The van der Waals surface area contributed by atoms with Crippen molar-refractivity contribution < 1.29 is 4.33 Å². The van der Waals surface area contributed by atoms with Crippen LogP contribution >= 0.6 is 11.9 Å². The minimum Gasteiger partial charge on any atom is -0.378 e. The Balaban J connectivity index is 2.26. The Kier molecular flexibility index (Phi) is 4.06. The number of hydrogen-bond acceptors (Lipinski definition) is 4. The molecule has 2 rings (SSSR count). The van der Waals surface area contributed by atoms with Crippen molar-refractivity contribution in [1.82, 2.24) is 0 Å². The molecule has 0 aromatic heterocycles. The lowest BCUT2D eigenvalue weighted by Crippen LogP contribution is -2.08. The third kappa shape index (κ3) is 3.48. The van der Waals surface area contributed by atoms with Gasteiger partial charge in [0.05, 0.1) is 4.90 Å². The van der Waals surface area contributed by atoms with Crippen LogP contribution in [0.5, 0.6) is 0 Å². The first-order valence-electron chi connectivity index (χ1n) is 5.76. The van der Waals surface area contributed by atoms with Crippen molar-refractivity contribution in [3.8, 4) is 11.1 Å². The Labute approximate surface area is 116 Å². The predicted molar refractivity (Wildman–Crippen MR) is 79.1 cm³/mol. The first-order valence-corrected chi connectivity index (χ1v) is 6.54. The lowest BCUT2D eigenvalue weighted by atomic mass is 10.1. The van der Waals surface area contributed by atoms with Crippen molar-refractivity contribution in [2.45, 2.75) is 4.90 Å². The summed E-state index contributed by atoms with van der Waals surface area (Å²) < 4.78 is -0.401. The highest BCUT2D eigenvalue weighted by Crippen LogP contribution is 2.26. The van der Waals surface area contributed by atoms with E-state index < -0.39 is 4.33 Å². The van der Waals surface area contributed by atoms with E-state index in [0.717, 1.165) is 16.8 Å². The Morgan fingerprint density at radius 2 is 1.74 bits per heavy atom. The van der Waals surface area contributed by atoms with Gasteiger partial charge in [-0.15, -0.1) is 0 Å². The highest BCUT2D eigenvalue weighted by atomic mass is 32.2. The summed E-state index contributed by atoms with van der Waals surface area (Å²) in [5.74, 6) is 0. The highest BCUT2D eigenvalue weighted by Gasteiger charge is 2.06. The largest absolute Gasteiger partial charge is 0.378 e. The molecule has 0 spiro atoms. The molecular weight excluding hydrogens is 260 g/mol. The van der Waals surface area contributed by atoms with E-state index in [1.165, 1.54) is 0 Å². The first-order chi connectivity index (χ1) is 9.06. The summed E-state index contributed by atoms with van der Waals surface area (Å²) in [4.78, 5) is 13.1. The number of rotatable bonds is 4. The molecule has 5 heteroatoms. The van der Waals surface area contributed by atoms with Gasteiger partial charge in [-0.05, 0) is 35.4 Å². The molecule has 19 heavy (non-hydrogen) atoms. The van der Waals surface area contributed by atoms with Gasteiger partial charge in [-0.25, -0.2) is 0 Å². The summed E-state index contributed by atoms with van der Waals surface area (Å²) in [5.41, 5.74) is 3.28. The summed E-state index contributed by atoms with van der Waals surface area (Å²) in [6.45, 7) is 0. The van der Waals surface area contributed by atoms with Crippen molar-refractivity contribution in [3.63, 3.8) is 0 Å². The van der Waals surface area contributed by atoms with E-state index in [4.69, 9.17) is 0 Å². The SMILES string of the molecule is CN(C)c1cccc(-c2ccc(S[N+](=O)[O-])cc2)c1. The van der Waals surface area contributed by atoms with Crippen LogP contribution in [0.1, 0.15) is 0 Å². The van der Waals surface area contributed by atoms with E-state index in [2.05, 4.69) is 6.07 Å². The number of nitrogens with zero attached hydrogens (tertiary/aromatic N) is 2. The number of hydrogen-bond donors (Lipinski definition) is 0. The van der Waals surface area contributed by atoms with Crippen LogP contribution in [0.3, 0.4) is 0 Å². The Morgan fingerprint density at radius 3 is 2.32 bits per heavy atom. The van der Waals surface area contributed by atoms with Crippen LogP contribution < -0.4 is 4.90 Å². The van der Waals surface area contributed by atoms with Crippen LogP contribution in [0.2, 0.25) is 0 Å². The van der Waals surface area contributed by atoms with Crippen LogP contribution in [0.25, 0.3) is 11.1 Å². The van der Waals surface area contributed by atoms with Crippen LogP contribution in [0.4, 0.5) is 5.69 Å². The van der Waals surface area contributed by atoms with Crippen LogP contribution in [-0.2, 0) is 0 Å². The average molecular weight is 274 g/mol. The molecule has 0 aliphatic rings. The normalized spacial score (nSPS) is 10.2. The van der Waals surface area contributed by atoms with E-state index in [9.17, 15) is 10.1 Å². The first kappa shape index (κ1) is 13.4. The van der Waals surface area contributed by atoms with Gasteiger partial charge in [-0.1, -0.05) is 24.3 Å². The summed E-state index contributed by atoms with van der Waals surface area (Å²) in [7, 11) is 3.99. The summed E-state index contributed by atoms with van der Waals surface area (Å²) in [5, 5.41) is 10.4. The molecule has 0 amide bonds. The molecule has 98 valence electrons. The van der Waals surface area contributed by atoms with E-state index in [1.54, 1.807) is 12.1 Å². The summed E-state index contributed by atoms with van der Waals surface area (Å²) in [6, 6.07) is 15.5. The molecule has 0 bridgehead atoms. The quantitative estimate of drug-likeness (QED) is 0.484. The maximum atomic E-state index is 10.4. The molecule has 0 unspecified atom stereocenters. The third-order valence-corrected chi connectivity index (χ3v) is 3.36. The molecule has 0 atom stereocenters. The zero-order chi connectivity index (χ0) is 13.8. The zero-order valence-corrected chi connectivity index (χ0v) is 11.6. The average Bonchev–Trinajstić information content (AvgIpc) is 2.39. The molecule has 0 aliphatic heterocycles. The van der Waals surface area contributed by atoms with Gasteiger partial charge in [0, 0.05) is 19.8 Å². The van der Waals surface area contributed by atoms with Gasteiger partial charge in [-0.2, -0.15) is 0 Å². The minimum atomic E-state index is -0.401. The standard InChI is InChI=1S/C14H14N2O2S/c1-15(2)13-5-3-4-12(10-13)11-6-8-14(9-7-11)19-16(17)18/h3-10H,1-2H3. The van der Waals surface area contributed by atoms with Crippen molar-refractivity contribution in [1.29, 1.82) is 0 Å². The lowest BCUT2D eigenvalue weighted by Gasteiger charge is -2.13. The number of nitro groups is 1. The van der Waals surface area contributed by atoms with Gasteiger partial charge in [-0.3, -0.25) is 10.1 Å². The highest BCUT2D eigenvalue weighted by molar-refractivity contribution is 7.93. The fraction of sp³-hybridized carbons (Fsp3) is 0.143. The maximum Gasteiger partial charge on any atom is 0.265 e. The van der Waals surface area contributed by atoms with Gasteiger partial charge >= 0.3 is 0 Å². The van der Waals surface area contributed by atoms with E-state index in [-0.39, 0.29) is 0 Å². The lowest BCUT2D eigenvalue weighted by molar-refractivity contribution is -0.284.